The van der Waals surface area contributed by atoms with Crippen LogP contribution in [-0.4, -0.2) is 17.5 Å². The molecule has 144 valence electrons. The number of hydrogen-bond acceptors (Lipinski definition) is 3. The van der Waals surface area contributed by atoms with Crippen LogP contribution in [-0.2, 0) is 17.8 Å². The first-order valence-corrected chi connectivity index (χ1v) is 8.88. The van der Waals surface area contributed by atoms with Crippen LogP contribution in [0.3, 0.4) is 0 Å². The number of nitrogens with zero attached hydrogens (tertiary/aromatic N) is 2. The first-order chi connectivity index (χ1) is 13.5. The van der Waals surface area contributed by atoms with Crippen LogP contribution < -0.4 is 9.64 Å². The number of anilines is 1. The van der Waals surface area contributed by atoms with Gasteiger partial charge in [0.15, 0.2) is 0 Å². The zero-order valence-corrected chi connectivity index (χ0v) is 15.5. The number of hydrogen-bond donors (Lipinski definition) is 0. The van der Waals surface area contributed by atoms with E-state index in [0.29, 0.717) is 22.8 Å². The summed E-state index contributed by atoms with van der Waals surface area (Å²) in [6, 6.07) is 18.5. The van der Waals surface area contributed by atoms with Crippen LogP contribution in [0.2, 0.25) is 5.02 Å². The molecule has 0 spiro atoms. The fourth-order valence-corrected chi connectivity index (χ4v) is 2.78. The molecule has 0 aliphatic rings. The Kier molecular flexibility index (Phi) is 6.55. The van der Waals surface area contributed by atoms with Crippen molar-refractivity contribution < 1.29 is 18.3 Å². The van der Waals surface area contributed by atoms with E-state index in [9.17, 15) is 13.6 Å². The minimum atomic E-state index is -2.88. The Morgan fingerprint density at radius 2 is 1.75 bits per heavy atom. The summed E-state index contributed by atoms with van der Waals surface area (Å²) in [6.07, 6.45) is 1.77. The number of rotatable bonds is 7. The van der Waals surface area contributed by atoms with Gasteiger partial charge >= 0.3 is 6.61 Å². The molecule has 3 rings (SSSR count). The minimum Gasteiger partial charge on any atom is -0.435 e. The predicted octanol–water partition coefficient (Wildman–Crippen LogP) is 5.11. The van der Waals surface area contributed by atoms with Crippen molar-refractivity contribution in [2.45, 2.75) is 19.6 Å². The molecule has 4 nitrogen and oxygen atoms in total. The maximum absolute atomic E-state index is 13.0. The summed E-state index contributed by atoms with van der Waals surface area (Å²) in [7, 11) is 0. The first-order valence-electron chi connectivity index (χ1n) is 8.51. The van der Waals surface area contributed by atoms with Gasteiger partial charge < -0.3 is 9.64 Å². The zero-order valence-electron chi connectivity index (χ0n) is 14.8. The largest absolute Gasteiger partial charge is 0.435 e. The Morgan fingerprint density at radius 1 is 1.04 bits per heavy atom. The molecule has 0 fully saturated rings. The summed E-state index contributed by atoms with van der Waals surface area (Å²) in [6.45, 7) is -2.58. The third-order valence-corrected chi connectivity index (χ3v) is 4.24. The molecule has 3 aromatic rings. The van der Waals surface area contributed by atoms with Crippen LogP contribution in [0.5, 0.6) is 5.75 Å². The average molecular weight is 403 g/mol. The molecule has 1 aromatic heterocycles. The van der Waals surface area contributed by atoms with Gasteiger partial charge in [-0.3, -0.25) is 9.78 Å². The second-order valence-electron chi connectivity index (χ2n) is 5.98. The number of amides is 1. The number of carbonyl (C=O) groups excluding carboxylic acids is 1. The highest BCUT2D eigenvalue weighted by Gasteiger charge is 2.17. The third-order valence-electron chi connectivity index (χ3n) is 3.99. The van der Waals surface area contributed by atoms with Gasteiger partial charge in [-0.15, -0.1) is 0 Å². The normalized spacial score (nSPS) is 10.7. The van der Waals surface area contributed by atoms with E-state index >= 15 is 0 Å². The Hall–Kier alpha value is -2.99. The monoisotopic (exact) mass is 402 g/mol. The summed E-state index contributed by atoms with van der Waals surface area (Å²) < 4.78 is 28.9. The molecular weight excluding hydrogens is 386 g/mol. The van der Waals surface area contributed by atoms with Crippen molar-refractivity contribution in [3.63, 3.8) is 0 Å². The summed E-state index contributed by atoms with van der Waals surface area (Å²) in [5, 5.41) is 0.573. The molecule has 0 radical (unpaired) electrons. The van der Waals surface area contributed by atoms with Gasteiger partial charge in [0, 0.05) is 16.9 Å². The summed E-state index contributed by atoms with van der Waals surface area (Å²) in [5.41, 5.74) is 2.12. The fourth-order valence-electron chi connectivity index (χ4n) is 2.66. The van der Waals surface area contributed by atoms with Crippen LogP contribution in [0, 0.1) is 0 Å². The summed E-state index contributed by atoms with van der Waals surface area (Å²) >= 11 is 5.96. The first kappa shape index (κ1) is 19.8. The van der Waals surface area contributed by atoms with Crippen LogP contribution in [0.25, 0.3) is 0 Å². The van der Waals surface area contributed by atoms with Crippen LogP contribution >= 0.6 is 11.6 Å². The molecule has 0 saturated heterocycles. The molecule has 1 heterocycles. The van der Waals surface area contributed by atoms with Gasteiger partial charge in [-0.1, -0.05) is 29.8 Å². The molecule has 0 aliphatic carbocycles. The van der Waals surface area contributed by atoms with E-state index in [2.05, 4.69) is 9.72 Å². The SMILES string of the molecule is O=C(Cc1ccc(OC(F)F)cc1)N(Cc1ccccn1)c1ccc(Cl)cc1. The van der Waals surface area contributed by atoms with E-state index in [0.717, 1.165) is 5.69 Å². The lowest BCUT2D eigenvalue weighted by Gasteiger charge is -2.23. The minimum absolute atomic E-state index is 0.0502. The quantitative estimate of drug-likeness (QED) is 0.551. The van der Waals surface area contributed by atoms with Gasteiger partial charge in [0.1, 0.15) is 5.75 Å². The van der Waals surface area contributed by atoms with Crippen molar-refractivity contribution >= 4 is 23.2 Å². The number of halogens is 3. The zero-order chi connectivity index (χ0) is 19.9. The Balaban J connectivity index is 1.78. The molecule has 0 N–H and O–H groups in total. The lowest BCUT2D eigenvalue weighted by atomic mass is 10.1. The fraction of sp³-hybridized carbons (Fsp3) is 0.143. The number of alkyl halides is 2. The van der Waals surface area contributed by atoms with Gasteiger partial charge in [-0.05, 0) is 54.1 Å². The number of ether oxygens (including phenoxy) is 1. The maximum atomic E-state index is 13.0. The van der Waals surface area contributed by atoms with Crippen molar-refractivity contribution in [2.24, 2.45) is 0 Å². The van der Waals surface area contributed by atoms with Gasteiger partial charge in [-0.2, -0.15) is 8.78 Å². The Labute approximate surface area is 166 Å². The summed E-state index contributed by atoms with van der Waals surface area (Å²) in [4.78, 5) is 18.9. The lowest BCUT2D eigenvalue weighted by Crippen LogP contribution is -2.32. The highest BCUT2D eigenvalue weighted by molar-refractivity contribution is 6.30. The van der Waals surface area contributed by atoms with E-state index in [1.54, 1.807) is 53.6 Å². The molecule has 1 amide bonds. The van der Waals surface area contributed by atoms with Crippen molar-refractivity contribution in [3.8, 4) is 5.75 Å². The van der Waals surface area contributed by atoms with E-state index in [1.165, 1.54) is 12.1 Å². The standard InChI is InChI=1S/C21H17ClF2N2O2/c22-16-6-8-18(9-7-16)26(14-17-3-1-2-12-25-17)20(27)13-15-4-10-19(11-5-15)28-21(23)24/h1-12,21H,13-14H2. The molecule has 7 heteroatoms. The van der Waals surface area contributed by atoms with Gasteiger partial charge in [-0.25, -0.2) is 0 Å². The van der Waals surface area contributed by atoms with Crippen molar-refractivity contribution in [1.29, 1.82) is 0 Å². The molecule has 0 atom stereocenters. The topological polar surface area (TPSA) is 42.4 Å². The molecule has 0 saturated carbocycles. The van der Waals surface area contributed by atoms with Gasteiger partial charge in [0.05, 0.1) is 18.7 Å². The van der Waals surface area contributed by atoms with Crippen LogP contribution in [0.1, 0.15) is 11.3 Å². The molecular formula is C21H17ClF2N2O2. The molecule has 0 aliphatic heterocycles. The van der Waals surface area contributed by atoms with Gasteiger partial charge in [0.25, 0.3) is 0 Å². The highest BCUT2D eigenvalue weighted by Crippen LogP contribution is 2.22. The highest BCUT2D eigenvalue weighted by atomic mass is 35.5. The van der Waals surface area contributed by atoms with E-state index in [-0.39, 0.29) is 18.1 Å². The summed E-state index contributed by atoms with van der Waals surface area (Å²) in [5.74, 6) is -0.107. The number of pyridine rings is 1. The smallest absolute Gasteiger partial charge is 0.387 e. The molecule has 2 aromatic carbocycles. The Bertz CT molecular complexity index is 904. The lowest BCUT2D eigenvalue weighted by molar-refractivity contribution is -0.118. The van der Waals surface area contributed by atoms with Crippen molar-refractivity contribution in [3.05, 3.63) is 89.2 Å². The van der Waals surface area contributed by atoms with E-state index < -0.39 is 6.61 Å². The van der Waals surface area contributed by atoms with Crippen LogP contribution in [0.4, 0.5) is 14.5 Å². The Morgan fingerprint density at radius 3 is 2.36 bits per heavy atom. The number of carbonyl (C=O) groups is 1. The van der Waals surface area contributed by atoms with Gasteiger partial charge in [0.2, 0.25) is 5.91 Å². The molecule has 0 bridgehead atoms. The van der Waals surface area contributed by atoms with Crippen molar-refractivity contribution in [1.82, 2.24) is 4.98 Å². The molecule has 28 heavy (non-hydrogen) atoms. The van der Waals surface area contributed by atoms with E-state index in [1.807, 2.05) is 12.1 Å². The van der Waals surface area contributed by atoms with E-state index in [4.69, 9.17) is 11.6 Å². The maximum Gasteiger partial charge on any atom is 0.387 e. The number of benzene rings is 2. The third kappa shape index (κ3) is 5.50. The predicted molar refractivity (Wildman–Crippen MR) is 104 cm³/mol. The second-order valence-corrected chi connectivity index (χ2v) is 6.41. The molecule has 0 unspecified atom stereocenters. The number of aromatic nitrogens is 1. The van der Waals surface area contributed by atoms with Crippen LogP contribution in [0.15, 0.2) is 72.9 Å². The van der Waals surface area contributed by atoms with Crippen molar-refractivity contribution in [2.75, 3.05) is 4.90 Å². The second kappa shape index (κ2) is 9.28. The average Bonchev–Trinajstić information content (AvgIpc) is 2.69.